The van der Waals surface area contributed by atoms with Crippen LogP contribution >= 0.6 is 0 Å². The number of phenolic OH excluding ortho intramolecular Hbond substituents is 1. The third-order valence-corrected chi connectivity index (χ3v) is 5.25. The molecular formula is C23H29NO. The Kier molecular flexibility index (Phi) is 6.67. The Labute approximate surface area is 151 Å². The molecule has 132 valence electrons. The highest BCUT2D eigenvalue weighted by Gasteiger charge is 2.17. The topological polar surface area (TPSA) is 32.6 Å². The number of hydrogen-bond acceptors (Lipinski definition) is 2. The molecule has 0 amide bonds. The summed E-state index contributed by atoms with van der Waals surface area (Å²) in [5, 5.41) is 10.8. The van der Waals surface area contributed by atoms with Crippen LogP contribution < -0.4 is 0 Å². The van der Waals surface area contributed by atoms with E-state index in [0.717, 1.165) is 16.8 Å². The molecule has 2 nitrogen and oxygen atoms in total. The van der Waals surface area contributed by atoms with Crippen LogP contribution in [0.3, 0.4) is 0 Å². The lowest BCUT2D eigenvalue weighted by Gasteiger charge is -2.20. The van der Waals surface area contributed by atoms with Crippen molar-refractivity contribution >= 4 is 11.9 Å². The Morgan fingerprint density at radius 1 is 0.760 bits per heavy atom. The summed E-state index contributed by atoms with van der Waals surface area (Å²) in [6.45, 7) is 0. The van der Waals surface area contributed by atoms with Crippen LogP contribution in [-0.4, -0.2) is 11.3 Å². The minimum absolute atomic E-state index is 0.421. The first-order chi connectivity index (χ1) is 12.3. The van der Waals surface area contributed by atoms with Crippen molar-refractivity contribution < 1.29 is 5.11 Å². The zero-order chi connectivity index (χ0) is 17.3. The van der Waals surface area contributed by atoms with Crippen LogP contribution in [0.15, 0.2) is 53.5 Å². The lowest BCUT2D eigenvalue weighted by molar-refractivity contribution is 0.429. The van der Waals surface area contributed by atoms with Crippen molar-refractivity contribution in [2.45, 2.75) is 63.7 Å². The summed E-state index contributed by atoms with van der Waals surface area (Å²) < 4.78 is 0. The SMILES string of the molecule is Oc1c(C=Nc2ccccc2)cccc1C1CCCCCCCCC1. The molecule has 0 spiro atoms. The summed E-state index contributed by atoms with van der Waals surface area (Å²) >= 11 is 0. The van der Waals surface area contributed by atoms with E-state index in [1.807, 2.05) is 36.4 Å². The average molecular weight is 335 g/mol. The highest BCUT2D eigenvalue weighted by molar-refractivity contribution is 5.86. The molecule has 1 fully saturated rings. The van der Waals surface area contributed by atoms with Crippen molar-refractivity contribution in [3.63, 3.8) is 0 Å². The van der Waals surface area contributed by atoms with E-state index >= 15 is 0 Å². The second kappa shape index (κ2) is 9.41. The van der Waals surface area contributed by atoms with Gasteiger partial charge in [0.25, 0.3) is 0 Å². The number of para-hydroxylation sites is 2. The highest BCUT2D eigenvalue weighted by Crippen LogP contribution is 2.36. The highest BCUT2D eigenvalue weighted by atomic mass is 16.3. The fraction of sp³-hybridized carbons (Fsp3) is 0.435. The first kappa shape index (κ1) is 17.7. The predicted molar refractivity (Wildman–Crippen MR) is 106 cm³/mol. The molecule has 2 aromatic carbocycles. The lowest BCUT2D eigenvalue weighted by Crippen LogP contribution is -2.03. The predicted octanol–water partition coefficient (Wildman–Crippen LogP) is 6.75. The van der Waals surface area contributed by atoms with Crippen molar-refractivity contribution in [2.75, 3.05) is 0 Å². The van der Waals surface area contributed by atoms with Crippen LogP contribution in [0.4, 0.5) is 5.69 Å². The molecule has 1 N–H and O–H groups in total. The molecule has 2 aromatic rings. The Balaban J connectivity index is 1.78. The van der Waals surface area contributed by atoms with Crippen LogP contribution in [0.2, 0.25) is 0 Å². The van der Waals surface area contributed by atoms with Gasteiger partial charge in [0.1, 0.15) is 5.75 Å². The van der Waals surface area contributed by atoms with Gasteiger partial charge in [-0.2, -0.15) is 0 Å². The van der Waals surface area contributed by atoms with Crippen LogP contribution in [-0.2, 0) is 0 Å². The maximum atomic E-state index is 10.8. The molecule has 0 aliphatic heterocycles. The molecule has 1 aliphatic carbocycles. The van der Waals surface area contributed by atoms with E-state index in [1.165, 1.54) is 57.8 Å². The van der Waals surface area contributed by atoms with Gasteiger partial charge in [0.15, 0.2) is 0 Å². The van der Waals surface area contributed by atoms with Crippen LogP contribution in [0.1, 0.15) is 74.8 Å². The summed E-state index contributed by atoms with van der Waals surface area (Å²) in [5.41, 5.74) is 2.84. The Morgan fingerprint density at radius 2 is 1.40 bits per heavy atom. The molecule has 0 aromatic heterocycles. The van der Waals surface area contributed by atoms with Crippen molar-refractivity contribution in [2.24, 2.45) is 4.99 Å². The van der Waals surface area contributed by atoms with Gasteiger partial charge in [-0.3, -0.25) is 4.99 Å². The molecule has 1 aliphatic rings. The first-order valence-electron chi connectivity index (χ1n) is 9.75. The van der Waals surface area contributed by atoms with E-state index in [0.29, 0.717) is 11.7 Å². The number of nitrogens with zero attached hydrogens (tertiary/aromatic N) is 1. The van der Waals surface area contributed by atoms with Gasteiger partial charge in [-0.25, -0.2) is 0 Å². The third kappa shape index (κ3) is 5.19. The second-order valence-corrected chi connectivity index (χ2v) is 7.13. The number of phenols is 1. The fourth-order valence-electron chi connectivity index (χ4n) is 3.79. The van der Waals surface area contributed by atoms with Crippen LogP contribution in [0.5, 0.6) is 5.75 Å². The van der Waals surface area contributed by atoms with E-state index < -0.39 is 0 Å². The molecule has 0 radical (unpaired) electrons. The summed E-state index contributed by atoms with van der Waals surface area (Å²) in [7, 11) is 0. The van der Waals surface area contributed by atoms with Gasteiger partial charge in [-0.1, -0.05) is 75.3 Å². The monoisotopic (exact) mass is 335 g/mol. The van der Waals surface area contributed by atoms with Gasteiger partial charge < -0.3 is 5.11 Å². The second-order valence-electron chi connectivity index (χ2n) is 7.13. The maximum absolute atomic E-state index is 10.8. The van der Waals surface area contributed by atoms with Gasteiger partial charge in [-0.15, -0.1) is 0 Å². The minimum Gasteiger partial charge on any atom is -0.507 e. The van der Waals surface area contributed by atoms with Gasteiger partial charge in [-0.05, 0) is 42.5 Å². The van der Waals surface area contributed by atoms with Crippen molar-refractivity contribution in [3.05, 3.63) is 59.7 Å². The molecule has 0 atom stereocenters. The average Bonchev–Trinajstić information content (AvgIpc) is 2.66. The van der Waals surface area contributed by atoms with Crippen molar-refractivity contribution in [1.82, 2.24) is 0 Å². The molecular weight excluding hydrogens is 306 g/mol. The normalized spacial score (nSPS) is 17.6. The zero-order valence-electron chi connectivity index (χ0n) is 15.0. The largest absolute Gasteiger partial charge is 0.507 e. The third-order valence-electron chi connectivity index (χ3n) is 5.25. The standard InChI is InChI=1S/C23H29NO/c25-23-20(18-24-21-15-9-6-10-16-21)14-11-17-22(23)19-12-7-4-2-1-3-5-8-13-19/h6,9-11,14-19,25H,1-5,7-8,12-13H2. The van der Waals surface area contributed by atoms with Gasteiger partial charge >= 0.3 is 0 Å². The summed E-state index contributed by atoms with van der Waals surface area (Å²) in [6, 6.07) is 16.0. The Morgan fingerprint density at radius 3 is 2.08 bits per heavy atom. The fourth-order valence-corrected chi connectivity index (χ4v) is 3.79. The molecule has 0 bridgehead atoms. The van der Waals surface area contributed by atoms with Crippen LogP contribution in [0.25, 0.3) is 0 Å². The maximum Gasteiger partial charge on any atom is 0.127 e. The molecule has 3 rings (SSSR count). The molecule has 25 heavy (non-hydrogen) atoms. The van der Waals surface area contributed by atoms with Gasteiger partial charge in [0.2, 0.25) is 0 Å². The van der Waals surface area contributed by atoms with Gasteiger partial charge in [0.05, 0.1) is 5.69 Å². The molecule has 1 saturated carbocycles. The molecule has 0 unspecified atom stereocenters. The zero-order valence-corrected chi connectivity index (χ0v) is 15.0. The summed E-state index contributed by atoms with van der Waals surface area (Å²) in [5.74, 6) is 0.896. The van der Waals surface area contributed by atoms with E-state index in [4.69, 9.17) is 0 Å². The van der Waals surface area contributed by atoms with Crippen molar-refractivity contribution in [1.29, 1.82) is 0 Å². The number of hydrogen-bond donors (Lipinski definition) is 1. The summed E-state index contributed by atoms with van der Waals surface area (Å²) in [6.07, 6.45) is 13.5. The van der Waals surface area contributed by atoms with E-state index in [1.54, 1.807) is 6.21 Å². The molecule has 0 heterocycles. The first-order valence-corrected chi connectivity index (χ1v) is 9.75. The number of rotatable bonds is 3. The Hall–Kier alpha value is -2.09. The number of aliphatic imine (C=N–C) groups is 1. The van der Waals surface area contributed by atoms with Crippen molar-refractivity contribution in [3.8, 4) is 5.75 Å². The van der Waals surface area contributed by atoms with Gasteiger partial charge in [0, 0.05) is 11.8 Å². The molecule has 0 saturated heterocycles. The smallest absolute Gasteiger partial charge is 0.127 e. The van der Waals surface area contributed by atoms with Crippen LogP contribution in [0, 0.1) is 0 Å². The summed E-state index contributed by atoms with van der Waals surface area (Å²) in [4.78, 5) is 4.50. The molecule has 2 heteroatoms. The van der Waals surface area contributed by atoms with E-state index in [2.05, 4.69) is 17.1 Å². The number of aromatic hydroxyl groups is 1. The van der Waals surface area contributed by atoms with E-state index in [9.17, 15) is 5.11 Å². The minimum atomic E-state index is 0.421. The lowest BCUT2D eigenvalue weighted by atomic mass is 9.86. The van der Waals surface area contributed by atoms with E-state index in [-0.39, 0.29) is 0 Å². The quantitative estimate of drug-likeness (QED) is 0.618. The Bertz CT molecular complexity index is 668. The number of benzene rings is 2.